The Labute approximate surface area is 114 Å². The van der Waals surface area contributed by atoms with Crippen molar-refractivity contribution < 1.29 is 0 Å². The molecule has 4 rings (SSSR count). The van der Waals surface area contributed by atoms with E-state index in [-0.39, 0.29) is 6.04 Å². The normalized spacial score (nSPS) is 33.9. The molecule has 2 unspecified atom stereocenters. The van der Waals surface area contributed by atoms with Gasteiger partial charge in [-0.1, -0.05) is 0 Å². The van der Waals surface area contributed by atoms with E-state index in [1.807, 2.05) is 0 Å². The van der Waals surface area contributed by atoms with Gasteiger partial charge in [-0.15, -0.1) is 0 Å². The first-order chi connectivity index (χ1) is 8.29. The highest BCUT2D eigenvalue weighted by Gasteiger charge is 2.37. The molecule has 17 heavy (non-hydrogen) atoms. The Morgan fingerprint density at radius 3 is 2.59 bits per heavy atom. The molecule has 0 spiro atoms. The Kier molecular flexibility index (Phi) is 3.52. The fourth-order valence-electron chi connectivity index (χ4n) is 2.90. The minimum absolute atomic E-state index is 0.221. The maximum atomic E-state index is 5.78. The smallest absolute Gasteiger partial charge is 0.0647 e. The van der Waals surface area contributed by atoms with Crippen molar-refractivity contribution in [3.63, 3.8) is 0 Å². The van der Waals surface area contributed by atoms with Crippen LogP contribution < -0.4 is 11.3 Å². The number of fused-ring (bicyclic) bond motifs is 3. The molecule has 2 bridgehead atoms. The van der Waals surface area contributed by atoms with Gasteiger partial charge in [0.15, 0.2) is 0 Å². The van der Waals surface area contributed by atoms with E-state index in [1.54, 1.807) is 11.3 Å². The van der Waals surface area contributed by atoms with Crippen LogP contribution in [0.1, 0.15) is 11.6 Å². The summed E-state index contributed by atoms with van der Waals surface area (Å²) in [5.41, 5.74) is 4.30. The Balaban J connectivity index is 1.84. The van der Waals surface area contributed by atoms with Gasteiger partial charge in [0.05, 0.1) is 6.04 Å². The summed E-state index contributed by atoms with van der Waals surface area (Å²) in [5, 5.41) is 4.31. The molecule has 94 valence electrons. The topological polar surface area (TPSA) is 44.5 Å². The SMILES string of the molecule is NNC(c1cscc1Br)C1CN2CCN1CC2. The van der Waals surface area contributed by atoms with Crippen molar-refractivity contribution in [3.05, 3.63) is 20.8 Å². The number of nitrogens with one attached hydrogen (secondary N) is 1. The predicted octanol–water partition coefficient (Wildman–Crippen LogP) is 1.01. The van der Waals surface area contributed by atoms with Gasteiger partial charge in [0, 0.05) is 48.6 Å². The van der Waals surface area contributed by atoms with Gasteiger partial charge < -0.3 is 0 Å². The van der Waals surface area contributed by atoms with Gasteiger partial charge >= 0.3 is 0 Å². The van der Waals surface area contributed by atoms with E-state index < -0.39 is 0 Å². The Hall–Kier alpha value is 0.0200. The van der Waals surface area contributed by atoms with Gasteiger partial charge in [0.2, 0.25) is 0 Å². The first kappa shape index (κ1) is 12.1. The molecule has 3 aliphatic heterocycles. The van der Waals surface area contributed by atoms with Crippen molar-refractivity contribution in [2.75, 3.05) is 32.7 Å². The van der Waals surface area contributed by atoms with E-state index in [2.05, 4.69) is 41.9 Å². The lowest BCUT2D eigenvalue weighted by atomic mass is 9.96. The lowest BCUT2D eigenvalue weighted by molar-refractivity contribution is -0.00373. The molecule has 4 heterocycles. The number of piperazine rings is 3. The number of nitrogens with two attached hydrogens (primary N) is 1. The van der Waals surface area contributed by atoms with Crippen LogP contribution in [-0.2, 0) is 0 Å². The third-order valence-electron chi connectivity index (χ3n) is 3.86. The molecule has 3 fully saturated rings. The van der Waals surface area contributed by atoms with E-state index in [9.17, 15) is 0 Å². The molecular weight excluding hydrogens is 300 g/mol. The van der Waals surface area contributed by atoms with Crippen LogP contribution in [-0.4, -0.2) is 48.6 Å². The van der Waals surface area contributed by atoms with E-state index in [1.165, 1.54) is 36.2 Å². The van der Waals surface area contributed by atoms with Crippen LogP contribution in [0.2, 0.25) is 0 Å². The van der Waals surface area contributed by atoms with Gasteiger partial charge in [-0.3, -0.25) is 21.1 Å². The highest BCUT2D eigenvalue weighted by atomic mass is 79.9. The number of nitrogens with zero attached hydrogens (tertiary/aromatic N) is 2. The molecule has 3 saturated heterocycles. The maximum Gasteiger partial charge on any atom is 0.0647 e. The second-order valence-corrected chi connectivity index (χ2v) is 6.32. The Morgan fingerprint density at radius 2 is 2.12 bits per heavy atom. The van der Waals surface area contributed by atoms with Crippen LogP contribution in [0.25, 0.3) is 0 Å². The number of hydrazine groups is 1. The lowest BCUT2D eigenvalue weighted by Gasteiger charge is -2.50. The highest BCUT2D eigenvalue weighted by Crippen LogP contribution is 2.33. The van der Waals surface area contributed by atoms with Crippen LogP contribution in [0.15, 0.2) is 15.2 Å². The average Bonchev–Trinajstić information content (AvgIpc) is 2.79. The Morgan fingerprint density at radius 1 is 1.35 bits per heavy atom. The zero-order chi connectivity index (χ0) is 11.8. The van der Waals surface area contributed by atoms with E-state index in [0.29, 0.717) is 6.04 Å². The van der Waals surface area contributed by atoms with Gasteiger partial charge in [-0.05, 0) is 26.9 Å². The molecular formula is C11H17BrN4S. The summed E-state index contributed by atoms with van der Waals surface area (Å²) in [7, 11) is 0. The maximum absolute atomic E-state index is 5.78. The van der Waals surface area contributed by atoms with Crippen molar-refractivity contribution in [1.82, 2.24) is 15.2 Å². The second kappa shape index (κ2) is 4.95. The van der Waals surface area contributed by atoms with E-state index >= 15 is 0 Å². The first-order valence-corrected chi connectivity index (χ1v) is 7.67. The molecule has 3 N–H and O–H groups in total. The van der Waals surface area contributed by atoms with E-state index in [4.69, 9.17) is 5.84 Å². The summed E-state index contributed by atoms with van der Waals surface area (Å²) < 4.78 is 1.17. The summed E-state index contributed by atoms with van der Waals surface area (Å²) >= 11 is 5.33. The number of halogens is 1. The average molecular weight is 317 g/mol. The predicted molar refractivity (Wildman–Crippen MR) is 73.9 cm³/mol. The summed E-state index contributed by atoms with van der Waals surface area (Å²) in [5.74, 6) is 5.78. The monoisotopic (exact) mass is 316 g/mol. The quantitative estimate of drug-likeness (QED) is 0.645. The molecule has 2 atom stereocenters. The third-order valence-corrected chi connectivity index (χ3v) is 5.61. The minimum atomic E-state index is 0.221. The van der Waals surface area contributed by atoms with Gasteiger partial charge in [-0.2, -0.15) is 11.3 Å². The molecule has 6 heteroatoms. The van der Waals surface area contributed by atoms with Crippen LogP contribution >= 0.6 is 27.3 Å². The fourth-order valence-corrected chi connectivity index (χ4v) is 4.48. The van der Waals surface area contributed by atoms with Crippen molar-refractivity contribution in [2.45, 2.75) is 12.1 Å². The first-order valence-electron chi connectivity index (χ1n) is 5.93. The molecule has 0 saturated carbocycles. The highest BCUT2D eigenvalue weighted by molar-refractivity contribution is 9.10. The van der Waals surface area contributed by atoms with Crippen LogP contribution in [0.3, 0.4) is 0 Å². The molecule has 1 aromatic heterocycles. The van der Waals surface area contributed by atoms with Crippen molar-refractivity contribution in [1.29, 1.82) is 0 Å². The molecule has 0 aromatic carbocycles. The fraction of sp³-hybridized carbons (Fsp3) is 0.636. The van der Waals surface area contributed by atoms with Crippen molar-refractivity contribution in [2.24, 2.45) is 5.84 Å². The standard InChI is InChI=1S/C11H17BrN4S/c12-9-7-17-6-8(9)11(14-13)10-5-15-1-3-16(10)4-2-15/h6-7,10-11,14H,1-5,13H2. The van der Waals surface area contributed by atoms with Gasteiger partial charge in [0.25, 0.3) is 0 Å². The molecule has 0 amide bonds. The van der Waals surface area contributed by atoms with Crippen molar-refractivity contribution in [3.8, 4) is 0 Å². The Bertz CT molecular complexity index is 389. The molecule has 4 nitrogen and oxygen atoms in total. The number of rotatable bonds is 3. The summed E-state index contributed by atoms with van der Waals surface area (Å²) in [4.78, 5) is 5.10. The summed E-state index contributed by atoms with van der Waals surface area (Å²) in [6.45, 7) is 5.88. The minimum Gasteiger partial charge on any atom is -0.299 e. The van der Waals surface area contributed by atoms with E-state index in [0.717, 1.165) is 6.54 Å². The molecule has 1 aromatic rings. The number of thiophene rings is 1. The van der Waals surface area contributed by atoms with Crippen LogP contribution in [0, 0.1) is 0 Å². The molecule has 0 aliphatic carbocycles. The largest absolute Gasteiger partial charge is 0.299 e. The third kappa shape index (κ3) is 2.18. The zero-order valence-corrected chi connectivity index (χ0v) is 12.0. The lowest BCUT2D eigenvalue weighted by Crippen LogP contribution is -2.64. The van der Waals surface area contributed by atoms with Gasteiger partial charge in [0.1, 0.15) is 0 Å². The second-order valence-electron chi connectivity index (χ2n) is 4.72. The zero-order valence-electron chi connectivity index (χ0n) is 9.60. The summed E-state index contributed by atoms with van der Waals surface area (Å²) in [6.07, 6.45) is 0. The summed E-state index contributed by atoms with van der Waals surface area (Å²) in [6, 6.07) is 0.715. The van der Waals surface area contributed by atoms with Crippen LogP contribution in [0.4, 0.5) is 0 Å². The van der Waals surface area contributed by atoms with Gasteiger partial charge in [-0.25, -0.2) is 0 Å². The van der Waals surface area contributed by atoms with Crippen LogP contribution in [0.5, 0.6) is 0 Å². The van der Waals surface area contributed by atoms with Crippen molar-refractivity contribution >= 4 is 27.3 Å². The number of hydrogen-bond donors (Lipinski definition) is 2. The molecule has 3 aliphatic rings. The molecule has 0 radical (unpaired) electrons. The number of hydrogen-bond acceptors (Lipinski definition) is 5.